The molecule has 0 bridgehead atoms. The zero-order valence-corrected chi connectivity index (χ0v) is 9.32. The van der Waals surface area contributed by atoms with Crippen molar-refractivity contribution in [3.63, 3.8) is 0 Å². The molecule has 5 heteroatoms. The standard InChI is InChI=1S/C9H11BrN2O2/c1-6(11)4-7-2-3-8(12(13)14)5-9(7)10/h2-3,5-6H,4,11H2,1H3/t6-/m1/s1. The SMILES string of the molecule is C[C@@H](N)Cc1ccc([N+](=O)[O-])cc1Br. The highest BCUT2D eigenvalue weighted by atomic mass is 79.9. The third kappa shape index (κ3) is 2.78. The number of rotatable bonds is 3. The Morgan fingerprint density at radius 1 is 1.64 bits per heavy atom. The van der Waals surface area contributed by atoms with Crippen LogP contribution >= 0.6 is 15.9 Å². The Morgan fingerprint density at radius 3 is 2.71 bits per heavy atom. The van der Waals surface area contributed by atoms with Crippen molar-refractivity contribution in [2.75, 3.05) is 0 Å². The lowest BCUT2D eigenvalue weighted by Crippen LogP contribution is -2.17. The summed E-state index contributed by atoms with van der Waals surface area (Å²) in [4.78, 5) is 10.0. The molecule has 0 heterocycles. The van der Waals surface area contributed by atoms with Gasteiger partial charge < -0.3 is 5.73 Å². The van der Waals surface area contributed by atoms with Crippen molar-refractivity contribution < 1.29 is 4.92 Å². The van der Waals surface area contributed by atoms with Crippen molar-refractivity contribution in [1.82, 2.24) is 0 Å². The van der Waals surface area contributed by atoms with Gasteiger partial charge in [-0.1, -0.05) is 22.0 Å². The molecule has 2 N–H and O–H groups in total. The molecule has 0 radical (unpaired) electrons. The molecule has 0 fully saturated rings. The predicted molar refractivity (Wildman–Crippen MR) is 58.1 cm³/mol. The maximum Gasteiger partial charge on any atom is 0.270 e. The average molecular weight is 259 g/mol. The third-order valence-corrected chi connectivity index (χ3v) is 2.53. The zero-order valence-electron chi connectivity index (χ0n) is 7.74. The molecular formula is C9H11BrN2O2. The van der Waals surface area contributed by atoms with Gasteiger partial charge in [-0.15, -0.1) is 0 Å². The van der Waals surface area contributed by atoms with Gasteiger partial charge in [0, 0.05) is 22.6 Å². The van der Waals surface area contributed by atoms with Crippen molar-refractivity contribution in [1.29, 1.82) is 0 Å². The molecule has 0 amide bonds. The normalized spacial score (nSPS) is 12.5. The second-order valence-corrected chi connectivity index (χ2v) is 4.07. The van der Waals surface area contributed by atoms with E-state index in [-0.39, 0.29) is 11.7 Å². The molecule has 0 saturated carbocycles. The topological polar surface area (TPSA) is 69.2 Å². The second-order valence-electron chi connectivity index (χ2n) is 3.21. The Morgan fingerprint density at radius 2 is 2.29 bits per heavy atom. The molecule has 1 aromatic carbocycles. The Bertz CT molecular complexity index is 353. The minimum atomic E-state index is -0.416. The van der Waals surface area contributed by atoms with Crippen molar-refractivity contribution in [3.05, 3.63) is 38.3 Å². The van der Waals surface area contributed by atoms with E-state index in [1.54, 1.807) is 6.07 Å². The summed E-state index contributed by atoms with van der Waals surface area (Å²) in [6.45, 7) is 1.90. The molecule has 0 aliphatic rings. The Kier molecular flexibility index (Phi) is 3.60. The maximum absolute atomic E-state index is 10.4. The van der Waals surface area contributed by atoms with Gasteiger partial charge in [0.15, 0.2) is 0 Å². The first-order chi connectivity index (χ1) is 6.50. The van der Waals surface area contributed by atoms with Gasteiger partial charge in [-0.2, -0.15) is 0 Å². The molecule has 0 saturated heterocycles. The first kappa shape index (κ1) is 11.1. The first-order valence-electron chi connectivity index (χ1n) is 4.19. The molecule has 0 aromatic heterocycles. The minimum absolute atomic E-state index is 0.0488. The number of hydrogen-bond donors (Lipinski definition) is 1. The summed E-state index contributed by atoms with van der Waals surface area (Å²) in [5, 5.41) is 10.4. The van der Waals surface area contributed by atoms with E-state index in [1.807, 2.05) is 6.92 Å². The van der Waals surface area contributed by atoms with Gasteiger partial charge in [-0.05, 0) is 18.9 Å². The number of nitrogens with zero attached hydrogens (tertiary/aromatic N) is 1. The number of nitro groups is 1. The van der Waals surface area contributed by atoms with Crippen LogP contribution in [-0.4, -0.2) is 11.0 Å². The number of halogens is 1. The number of nitro benzene ring substituents is 1. The average Bonchev–Trinajstić information content (AvgIpc) is 2.07. The van der Waals surface area contributed by atoms with Crippen LogP contribution in [0.25, 0.3) is 0 Å². The quantitative estimate of drug-likeness (QED) is 0.668. The first-order valence-corrected chi connectivity index (χ1v) is 4.98. The summed E-state index contributed by atoms with van der Waals surface area (Å²) in [6, 6.07) is 4.76. The summed E-state index contributed by atoms with van der Waals surface area (Å²) < 4.78 is 0.740. The van der Waals surface area contributed by atoms with E-state index in [9.17, 15) is 10.1 Å². The largest absolute Gasteiger partial charge is 0.328 e. The van der Waals surface area contributed by atoms with Gasteiger partial charge in [0.25, 0.3) is 5.69 Å². The van der Waals surface area contributed by atoms with Crippen LogP contribution in [0.3, 0.4) is 0 Å². The fraction of sp³-hybridized carbons (Fsp3) is 0.333. The molecule has 1 aromatic rings. The van der Waals surface area contributed by atoms with E-state index in [1.165, 1.54) is 12.1 Å². The van der Waals surface area contributed by atoms with Crippen LogP contribution in [0.5, 0.6) is 0 Å². The lowest BCUT2D eigenvalue weighted by Gasteiger charge is -2.06. The van der Waals surface area contributed by atoms with Crippen molar-refractivity contribution >= 4 is 21.6 Å². The Hall–Kier alpha value is -0.940. The number of non-ortho nitro benzene ring substituents is 1. The third-order valence-electron chi connectivity index (χ3n) is 1.79. The van der Waals surface area contributed by atoms with Crippen LogP contribution in [0.2, 0.25) is 0 Å². The fourth-order valence-electron chi connectivity index (χ4n) is 1.16. The summed E-state index contributed by atoms with van der Waals surface area (Å²) in [7, 11) is 0. The monoisotopic (exact) mass is 258 g/mol. The fourth-order valence-corrected chi connectivity index (χ4v) is 1.69. The summed E-state index contributed by atoms with van der Waals surface area (Å²) in [5.41, 5.74) is 6.72. The van der Waals surface area contributed by atoms with Crippen molar-refractivity contribution in [3.8, 4) is 0 Å². The molecule has 0 aliphatic heterocycles. The zero-order chi connectivity index (χ0) is 10.7. The van der Waals surface area contributed by atoms with Crippen LogP contribution in [0.1, 0.15) is 12.5 Å². The molecule has 1 atom stereocenters. The van der Waals surface area contributed by atoms with Gasteiger partial charge in [-0.3, -0.25) is 10.1 Å². The lowest BCUT2D eigenvalue weighted by molar-refractivity contribution is -0.384. The molecule has 1 rings (SSSR count). The Balaban J connectivity index is 2.95. The van der Waals surface area contributed by atoms with E-state index >= 15 is 0 Å². The van der Waals surface area contributed by atoms with Crippen LogP contribution in [0.4, 0.5) is 5.69 Å². The van der Waals surface area contributed by atoms with Crippen LogP contribution in [0.15, 0.2) is 22.7 Å². The maximum atomic E-state index is 10.4. The van der Waals surface area contributed by atoms with E-state index in [2.05, 4.69) is 15.9 Å². The van der Waals surface area contributed by atoms with Gasteiger partial charge in [0.2, 0.25) is 0 Å². The van der Waals surface area contributed by atoms with Crippen molar-refractivity contribution in [2.24, 2.45) is 5.73 Å². The molecule has 14 heavy (non-hydrogen) atoms. The molecule has 0 unspecified atom stereocenters. The number of hydrogen-bond acceptors (Lipinski definition) is 3. The van der Waals surface area contributed by atoms with Crippen LogP contribution in [-0.2, 0) is 6.42 Å². The Labute approximate surface area is 90.4 Å². The molecular weight excluding hydrogens is 248 g/mol. The van der Waals surface area contributed by atoms with Crippen LogP contribution in [0, 0.1) is 10.1 Å². The lowest BCUT2D eigenvalue weighted by atomic mass is 10.1. The van der Waals surface area contributed by atoms with E-state index in [0.29, 0.717) is 6.42 Å². The highest BCUT2D eigenvalue weighted by Crippen LogP contribution is 2.23. The van der Waals surface area contributed by atoms with E-state index in [4.69, 9.17) is 5.73 Å². The van der Waals surface area contributed by atoms with E-state index < -0.39 is 4.92 Å². The highest BCUT2D eigenvalue weighted by molar-refractivity contribution is 9.10. The van der Waals surface area contributed by atoms with Gasteiger partial charge in [0.05, 0.1) is 4.92 Å². The highest BCUT2D eigenvalue weighted by Gasteiger charge is 2.09. The van der Waals surface area contributed by atoms with E-state index in [0.717, 1.165) is 10.0 Å². The second kappa shape index (κ2) is 4.52. The smallest absolute Gasteiger partial charge is 0.270 e. The number of nitrogens with two attached hydrogens (primary N) is 1. The number of benzene rings is 1. The molecule has 76 valence electrons. The molecule has 0 aliphatic carbocycles. The molecule has 0 spiro atoms. The summed E-state index contributed by atoms with van der Waals surface area (Å²) >= 11 is 3.28. The van der Waals surface area contributed by atoms with Crippen LogP contribution < -0.4 is 5.73 Å². The van der Waals surface area contributed by atoms with Gasteiger partial charge in [-0.25, -0.2) is 0 Å². The minimum Gasteiger partial charge on any atom is -0.328 e. The predicted octanol–water partition coefficient (Wildman–Crippen LogP) is 2.25. The van der Waals surface area contributed by atoms with Gasteiger partial charge in [0.1, 0.15) is 0 Å². The van der Waals surface area contributed by atoms with Crippen molar-refractivity contribution in [2.45, 2.75) is 19.4 Å². The van der Waals surface area contributed by atoms with Gasteiger partial charge >= 0.3 is 0 Å². The summed E-state index contributed by atoms with van der Waals surface area (Å²) in [5.74, 6) is 0. The summed E-state index contributed by atoms with van der Waals surface area (Å²) in [6.07, 6.45) is 0.707. The molecule has 4 nitrogen and oxygen atoms in total.